The molecule has 3 N–H and O–H groups in total. The van der Waals surface area contributed by atoms with Gasteiger partial charge in [0, 0.05) is 40.2 Å². The van der Waals surface area contributed by atoms with Crippen molar-refractivity contribution in [3.8, 4) is 21.8 Å². The van der Waals surface area contributed by atoms with Gasteiger partial charge in [0.15, 0.2) is 5.65 Å². The number of thiophene rings is 1. The highest BCUT2D eigenvalue weighted by Crippen LogP contribution is 2.35. The van der Waals surface area contributed by atoms with E-state index in [1.165, 1.54) is 16.0 Å². The molecule has 5 aromatic heterocycles. The highest BCUT2D eigenvalue weighted by Gasteiger charge is 2.16. The second-order valence-electron chi connectivity index (χ2n) is 7.16. The number of H-pyrrole nitrogens is 2. The third kappa shape index (κ3) is 2.78. The molecule has 0 aromatic carbocycles. The van der Waals surface area contributed by atoms with Gasteiger partial charge in [0.05, 0.1) is 11.4 Å². The normalized spacial score (nSPS) is 14.6. The quantitative estimate of drug-likeness (QED) is 0.415. The molecule has 1 aliphatic heterocycles. The lowest BCUT2D eigenvalue weighted by Crippen LogP contribution is -2.20. The van der Waals surface area contributed by atoms with Crippen molar-refractivity contribution in [2.24, 2.45) is 0 Å². The maximum Gasteiger partial charge on any atom is 0.181 e. The van der Waals surface area contributed by atoms with Crippen LogP contribution in [-0.2, 0) is 0 Å². The number of rotatable bonds is 3. The number of nitrogens with one attached hydrogen (secondary N) is 3. The van der Waals surface area contributed by atoms with Crippen molar-refractivity contribution in [2.45, 2.75) is 6.42 Å². The molecule has 0 atom stereocenters. The van der Waals surface area contributed by atoms with E-state index >= 15 is 0 Å². The summed E-state index contributed by atoms with van der Waals surface area (Å²) in [4.78, 5) is 13.8. The largest absolute Gasteiger partial charge is 0.338 e. The third-order valence-corrected chi connectivity index (χ3v) is 6.34. The molecule has 0 fully saturated rings. The number of aromatic amines is 2. The van der Waals surface area contributed by atoms with Gasteiger partial charge in [0.25, 0.3) is 0 Å². The summed E-state index contributed by atoms with van der Waals surface area (Å²) in [6, 6.07) is 10.6. The van der Waals surface area contributed by atoms with Crippen molar-refractivity contribution >= 4 is 39.0 Å². The molecule has 5 aromatic rings. The molecule has 7 heteroatoms. The maximum absolute atomic E-state index is 4.58. The van der Waals surface area contributed by atoms with Crippen LogP contribution in [0.3, 0.4) is 0 Å². The Labute approximate surface area is 170 Å². The molecule has 6 nitrogen and oxygen atoms in total. The summed E-state index contributed by atoms with van der Waals surface area (Å²) in [5.41, 5.74) is 7.20. The first-order chi connectivity index (χ1) is 14.4. The van der Waals surface area contributed by atoms with Crippen LogP contribution in [0.2, 0.25) is 0 Å². The molecule has 0 bridgehead atoms. The molecular formula is C22H18N6S. The molecule has 0 unspecified atom stereocenters. The Hall–Kier alpha value is -3.29. The Bertz CT molecular complexity index is 1360. The van der Waals surface area contributed by atoms with Gasteiger partial charge in [-0.05, 0) is 53.7 Å². The smallest absolute Gasteiger partial charge is 0.181 e. The maximum atomic E-state index is 4.58. The van der Waals surface area contributed by atoms with E-state index in [-0.39, 0.29) is 0 Å². The van der Waals surface area contributed by atoms with E-state index in [1.54, 1.807) is 11.3 Å². The minimum atomic E-state index is 0.725. The van der Waals surface area contributed by atoms with Crippen LogP contribution in [0.15, 0.2) is 54.2 Å². The molecule has 0 saturated carbocycles. The fourth-order valence-corrected chi connectivity index (χ4v) is 4.74. The lowest BCUT2D eigenvalue weighted by molar-refractivity contribution is 0.738. The van der Waals surface area contributed by atoms with Gasteiger partial charge in [0.2, 0.25) is 0 Å². The molecule has 142 valence electrons. The van der Waals surface area contributed by atoms with E-state index in [4.69, 9.17) is 0 Å². The lowest BCUT2D eigenvalue weighted by atomic mass is 10.0. The van der Waals surface area contributed by atoms with Gasteiger partial charge in [0.1, 0.15) is 5.65 Å². The molecule has 0 radical (unpaired) electrons. The van der Waals surface area contributed by atoms with Crippen LogP contribution >= 0.6 is 11.3 Å². The molecule has 0 aliphatic carbocycles. The Morgan fingerprint density at radius 2 is 2.07 bits per heavy atom. The molecule has 6 rings (SSSR count). The average Bonchev–Trinajstić information content (AvgIpc) is 3.52. The van der Waals surface area contributed by atoms with Crippen molar-refractivity contribution in [3.63, 3.8) is 0 Å². The highest BCUT2D eigenvalue weighted by molar-refractivity contribution is 7.13. The molecule has 0 amide bonds. The Morgan fingerprint density at radius 1 is 1.07 bits per heavy atom. The zero-order valence-corrected chi connectivity index (χ0v) is 16.4. The van der Waals surface area contributed by atoms with Gasteiger partial charge in [-0.15, -0.1) is 11.3 Å². The fourth-order valence-electron chi connectivity index (χ4n) is 3.97. The summed E-state index contributed by atoms with van der Waals surface area (Å²) in [6.07, 6.45) is 7.03. The zero-order valence-electron chi connectivity index (χ0n) is 15.6. The second-order valence-corrected chi connectivity index (χ2v) is 8.11. The van der Waals surface area contributed by atoms with Crippen LogP contribution in [0.4, 0.5) is 0 Å². The first-order valence-electron chi connectivity index (χ1n) is 9.63. The summed E-state index contributed by atoms with van der Waals surface area (Å²) in [7, 11) is 0. The number of aromatic nitrogens is 5. The van der Waals surface area contributed by atoms with Gasteiger partial charge >= 0.3 is 0 Å². The van der Waals surface area contributed by atoms with E-state index in [2.05, 4.69) is 72.3 Å². The second kappa shape index (κ2) is 6.65. The summed E-state index contributed by atoms with van der Waals surface area (Å²) >= 11 is 1.73. The lowest BCUT2D eigenvalue weighted by Gasteiger charge is -2.13. The predicted octanol–water partition coefficient (Wildman–Crippen LogP) is 4.61. The SMILES string of the molecule is C1=C(c2cnc3n[nH]c(-c4cc5c(-c6cccs6)ccnc5[nH]4)c3c2)CCNC1. The van der Waals surface area contributed by atoms with Crippen LogP contribution in [0.1, 0.15) is 12.0 Å². The van der Waals surface area contributed by atoms with Crippen LogP contribution in [0.25, 0.3) is 49.5 Å². The Kier molecular flexibility index (Phi) is 3.82. The van der Waals surface area contributed by atoms with E-state index in [1.807, 2.05) is 12.4 Å². The number of nitrogens with zero attached hydrogens (tertiary/aromatic N) is 3. The van der Waals surface area contributed by atoms with Crippen molar-refractivity contribution < 1.29 is 0 Å². The van der Waals surface area contributed by atoms with Crippen LogP contribution < -0.4 is 5.32 Å². The van der Waals surface area contributed by atoms with Crippen molar-refractivity contribution in [1.82, 2.24) is 30.5 Å². The molecule has 0 saturated heterocycles. The Balaban J connectivity index is 1.50. The molecule has 29 heavy (non-hydrogen) atoms. The fraction of sp³-hybridized carbons (Fsp3) is 0.136. The van der Waals surface area contributed by atoms with Crippen LogP contribution in [0.5, 0.6) is 0 Å². The first kappa shape index (κ1) is 16.6. The van der Waals surface area contributed by atoms with Crippen molar-refractivity contribution in [1.29, 1.82) is 0 Å². The van der Waals surface area contributed by atoms with E-state index in [9.17, 15) is 0 Å². The van der Waals surface area contributed by atoms with Gasteiger partial charge in [-0.1, -0.05) is 12.1 Å². The van der Waals surface area contributed by atoms with Gasteiger partial charge in [-0.2, -0.15) is 5.10 Å². The van der Waals surface area contributed by atoms with Crippen LogP contribution in [-0.4, -0.2) is 38.2 Å². The highest BCUT2D eigenvalue weighted by atomic mass is 32.1. The van der Waals surface area contributed by atoms with Gasteiger partial charge < -0.3 is 10.3 Å². The number of fused-ring (bicyclic) bond motifs is 2. The first-order valence-corrected chi connectivity index (χ1v) is 10.5. The minimum absolute atomic E-state index is 0.725. The molecular weight excluding hydrogens is 380 g/mol. The number of hydrogen-bond donors (Lipinski definition) is 3. The standard InChI is InChI=1S/C22H18N6S/c1-2-19(29-9-1)15-5-8-24-21-16(15)11-18(26-21)20-17-10-14(12-25-22(17)28-27-20)13-3-6-23-7-4-13/h1-3,5,8-12,23H,4,6-7H2,(H,24,26)(H,25,27,28). The van der Waals surface area contributed by atoms with Gasteiger partial charge in [-0.3, -0.25) is 5.10 Å². The molecule has 1 aliphatic rings. The summed E-state index contributed by atoms with van der Waals surface area (Å²) < 4.78 is 0. The minimum Gasteiger partial charge on any atom is -0.338 e. The monoisotopic (exact) mass is 398 g/mol. The number of hydrogen-bond acceptors (Lipinski definition) is 5. The van der Waals surface area contributed by atoms with Gasteiger partial charge in [-0.25, -0.2) is 9.97 Å². The van der Waals surface area contributed by atoms with E-state index in [0.717, 1.165) is 58.5 Å². The predicted molar refractivity (Wildman–Crippen MR) is 118 cm³/mol. The molecule has 6 heterocycles. The summed E-state index contributed by atoms with van der Waals surface area (Å²) in [5, 5.41) is 15.2. The van der Waals surface area contributed by atoms with E-state index < -0.39 is 0 Å². The zero-order chi connectivity index (χ0) is 19.2. The topological polar surface area (TPSA) is 82.3 Å². The summed E-state index contributed by atoms with van der Waals surface area (Å²) in [5.74, 6) is 0. The Morgan fingerprint density at radius 3 is 2.93 bits per heavy atom. The average molecular weight is 398 g/mol. The van der Waals surface area contributed by atoms with Crippen LogP contribution in [0, 0.1) is 0 Å². The third-order valence-electron chi connectivity index (χ3n) is 5.43. The molecule has 0 spiro atoms. The van der Waals surface area contributed by atoms with Crippen molar-refractivity contribution in [3.05, 3.63) is 59.7 Å². The van der Waals surface area contributed by atoms with E-state index in [0.29, 0.717) is 0 Å². The number of pyridine rings is 2. The summed E-state index contributed by atoms with van der Waals surface area (Å²) in [6.45, 7) is 1.91. The van der Waals surface area contributed by atoms with Crippen molar-refractivity contribution in [2.75, 3.05) is 13.1 Å².